The van der Waals surface area contributed by atoms with Crippen molar-refractivity contribution in [3.8, 4) is 28.3 Å². The van der Waals surface area contributed by atoms with Gasteiger partial charge in [-0.25, -0.2) is 4.52 Å². The predicted molar refractivity (Wildman–Crippen MR) is 139 cm³/mol. The van der Waals surface area contributed by atoms with E-state index in [4.69, 9.17) is 0 Å². The number of nitrogens with zero attached hydrogens (tertiary/aromatic N) is 7. The number of pyridine rings is 1. The van der Waals surface area contributed by atoms with E-state index in [0.29, 0.717) is 12.1 Å². The first-order valence-corrected chi connectivity index (χ1v) is 11.9. The second-order valence-corrected chi connectivity index (χ2v) is 8.88. The molecule has 1 saturated heterocycles. The number of nitrogens with one attached hydrogen (secondary N) is 1. The van der Waals surface area contributed by atoms with Gasteiger partial charge in [0.1, 0.15) is 6.07 Å². The molecule has 0 radical (unpaired) electrons. The van der Waals surface area contributed by atoms with Crippen LogP contribution in [0.1, 0.15) is 5.56 Å². The Morgan fingerprint density at radius 2 is 1.86 bits per heavy atom. The quantitative estimate of drug-likeness (QED) is 0.409. The Kier molecular flexibility index (Phi) is 6.52. The van der Waals surface area contributed by atoms with Crippen molar-refractivity contribution in [2.45, 2.75) is 0 Å². The maximum Gasteiger partial charge on any atom is 0.243 e. The van der Waals surface area contributed by atoms with Gasteiger partial charge in [-0.2, -0.15) is 15.5 Å². The summed E-state index contributed by atoms with van der Waals surface area (Å²) in [5.41, 5.74) is 6.50. The van der Waals surface area contributed by atoms with Crippen molar-refractivity contribution in [2.24, 2.45) is 7.05 Å². The number of aryl methyl sites for hydroxylation is 1. The largest absolute Gasteiger partial charge is 0.369 e. The molecule has 1 N–H and O–H groups in total. The van der Waals surface area contributed by atoms with Gasteiger partial charge in [-0.15, -0.1) is 0 Å². The second-order valence-electron chi connectivity index (χ2n) is 8.88. The van der Waals surface area contributed by atoms with Crippen LogP contribution < -0.4 is 10.2 Å². The topological polar surface area (TPSA) is 94.5 Å². The van der Waals surface area contributed by atoms with Gasteiger partial charge in [-0.1, -0.05) is 18.7 Å². The van der Waals surface area contributed by atoms with Gasteiger partial charge in [0.2, 0.25) is 5.91 Å². The lowest BCUT2D eigenvalue weighted by atomic mass is 9.99. The van der Waals surface area contributed by atoms with Gasteiger partial charge in [0, 0.05) is 81.1 Å². The Bertz CT molecular complexity index is 1430. The number of amides is 1. The van der Waals surface area contributed by atoms with Crippen LogP contribution in [0.15, 0.2) is 67.8 Å². The molecule has 0 saturated carbocycles. The van der Waals surface area contributed by atoms with Crippen LogP contribution in [0.4, 0.5) is 5.69 Å². The van der Waals surface area contributed by atoms with Crippen molar-refractivity contribution in [3.63, 3.8) is 0 Å². The van der Waals surface area contributed by atoms with Crippen LogP contribution in [0.25, 0.3) is 27.8 Å². The van der Waals surface area contributed by atoms with Crippen LogP contribution in [0.3, 0.4) is 0 Å². The summed E-state index contributed by atoms with van der Waals surface area (Å²) in [5, 5.41) is 21.2. The van der Waals surface area contributed by atoms with Gasteiger partial charge in [-0.3, -0.25) is 14.4 Å². The molecule has 0 bridgehead atoms. The van der Waals surface area contributed by atoms with E-state index >= 15 is 0 Å². The summed E-state index contributed by atoms with van der Waals surface area (Å²) in [6.45, 7) is 8.69. The highest BCUT2D eigenvalue weighted by Gasteiger charge is 2.18. The number of hydrogen-bond acceptors (Lipinski definition) is 6. The maximum absolute atomic E-state index is 11.3. The number of carbonyl (C=O) groups excluding carboxylic acids is 1. The van der Waals surface area contributed by atoms with Crippen LogP contribution in [-0.2, 0) is 11.8 Å². The molecule has 4 heterocycles. The molecule has 0 spiro atoms. The van der Waals surface area contributed by atoms with E-state index in [1.54, 1.807) is 15.4 Å². The van der Waals surface area contributed by atoms with E-state index in [0.717, 1.165) is 60.5 Å². The summed E-state index contributed by atoms with van der Waals surface area (Å²) in [7, 11) is 1.89. The zero-order valence-electron chi connectivity index (χ0n) is 20.3. The summed E-state index contributed by atoms with van der Waals surface area (Å²) in [4.78, 5) is 16.1. The summed E-state index contributed by atoms with van der Waals surface area (Å²) < 4.78 is 3.55. The van der Waals surface area contributed by atoms with E-state index in [-0.39, 0.29) is 5.91 Å². The van der Waals surface area contributed by atoms with Gasteiger partial charge in [0.25, 0.3) is 0 Å². The highest BCUT2D eigenvalue weighted by molar-refractivity contribution is 5.88. The molecular formula is C27H28N8O. The van der Waals surface area contributed by atoms with E-state index in [1.165, 1.54) is 11.8 Å². The summed E-state index contributed by atoms with van der Waals surface area (Å²) >= 11 is 0. The molecular weight excluding hydrogens is 452 g/mol. The molecule has 182 valence electrons. The molecule has 4 aromatic rings. The zero-order chi connectivity index (χ0) is 25.1. The first-order chi connectivity index (χ1) is 17.6. The molecule has 5 rings (SSSR count). The highest BCUT2D eigenvalue weighted by atomic mass is 16.1. The fourth-order valence-electron chi connectivity index (χ4n) is 4.64. The van der Waals surface area contributed by atoms with Gasteiger partial charge < -0.3 is 10.2 Å². The number of nitriles is 1. The molecule has 36 heavy (non-hydrogen) atoms. The van der Waals surface area contributed by atoms with Crippen LogP contribution in [0.5, 0.6) is 0 Å². The molecule has 1 aliphatic rings. The molecule has 0 unspecified atom stereocenters. The fraction of sp³-hybridized carbons (Fsp3) is 0.259. The Morgan fingerprint density at radius 3 is 2.53 bits per heavy atom. The Labute approximate surface area is 209 Å². The van der Waals surface area contributed by atoms with E-state index in [2.05, 4.69) is 68.3 Å². The minimum Gasteiger partial charge on any atom is -0.369 e. The summed E-state index contributed by atoms with van der Waals surface area (Å²) in [6, 6.07) is 12.9. The first kappa shape index (κ1) is 23.3. The molecule has 0 atom stereocenters. The number of piperazine rings is 1. The van der Waals surface area contributed by atoms with Crippen molar-refractivity contribution >= 4 is 17.1 Å². The van der Waals surface area contributed by atoms with Crippen LogP contribution in [-0.4, -0.2) is 69.5 Å². The number of anilines is 1. The third-order valence-electron chi connectivity index (χ3n) is 6.60. The molecule has 9 nitrogen and oxygen atoms in total. The lowest BCUT2D eigenvalue weighted by Gasteiger charge is -2.36. The van der Waals surface area contributed by atoms with Crippen molar-refractivity contribution < 1.29 is 4.79 Å². The van der Waals surface area contributed by atoms with Crippen molar-refractivity contribution in [1.29, 1.82) is 5.26 Å². The highest BCUT2D eigenvalue weighted by Crippen LogP contribution is 2.33. The zero-order valence-corrected chi connectivity index (χ0v) is 20.3. The lowest BCUT2D eigenvalue weighted by Crippen LogP contribution is -2.48. The second kappa shape index (κ2) is 10.1. The van der Waals surface area contributed by atoms with Crippen LogP contribution in [0, 0.1) is 11.3 Å². The molecule has 1 aromatic carbocycles. The Morgan fingerprint density at radius 1 is 1.08 bits per heavy atom. The van der Waals surface area contributed by atoms with E-state index in [9.17, 15) is 10.1 Å². The fourth-order valence-corrected chi connectivity index (χ4v) is 4.64. The number of carbonyl (C=O) groups is 1. The van der Waals surface area contributed by atoms with Crippen molar-refractivity contribution in [1.82, 2.24) is 29.6 Å². The summed E-state index contributed by atoms with van der Waals surface area (Å²) in [6.07, 6.45) is 8.65. The Balaban J connectivity index is 1.35. The first-order valence-electron chi connectivity index (χ1n) is 11.9. The van der Waals surface area contributed by atoms with Gasteiger partial charge in [-0.05, 0) is 29.8 Å². The average Bonchev–Trinajstić information content (AvgIpc) is 3.54. The van der Waals surface area contributed by atoms with Crippen LogP contribution >= 0.6 is 0 Å². The normalized spacial score (nSPS) is 14.1. The minimum atomic E-state index is -0.130. The van der Waals surface area contributed by atoms with Crippen molar-refractivity contribution in [3.05, 3.63) is 73.3 Å². The van der Waals surface area contributed by atoms with Gasteiger partial charge in [0.05, 0.1) is 23.5 Å². The molecule has 1 fully saturated rings. The van der Waals surface area contributed by atoms with E-state index in [1.807, 2.05) is 25.6 Å². The molecule has 9 heteroatoms. The number of benzene rings is 1. The number of hydrogen-bond donors (Lipinski definition) is 1. The lowest BCUT2D eigenvalue weighted by molar-refractivity contribution is -0.116. The molecule has 3 aromatic heterocycles. The SMILES string of the molecule is C=CC(=O)NCCN1CCN(c2ccc(-c3cc(-c4cnn(C)c4)cn4ncc(C#N)c34)cc2)CC1. The van der Waals surface area contributed by atoms with E-state index < -0.39 is 0 Å². The third-order valence-corrected chi connectivity index (χ3v) is 6.60. The maximum atomic E-state index is 11.3. The predicted octanol–water partition coefficient (Wildman–Crippen LogP) is 2.70. The van der Waals surface area contributed by atoms with Gasteiger partial charge in [0.15, 0.2) is 0 Å². The summed E-state index contributed by atoms with van der Waals surface area (Å²) in [5.74, 6) is -0.130. The number of aromatic nitrogens is 4. The monoisotopic (exact) mass is 480 g/mol. The van der Waals surface area contributed by atoms with Crippen LogP contribution in [0.2, 0.25) is 0 Å². The number of fused-ring (bicyclic) bond motifs is 1. The molecule has 1 aliphatic heterocycles. The molecule has 0 aliphatic carbocycles. The third kappa shape index (κ3) is 4.72. The minimum absolute atomic E-state index is 0.130. The standard InChI is InChI=1S/C27H28N8O/c1-3-26(36)29-8-9-33-10-12-34(13-11-33)24-6-4-20(5-7-24)25-14-21(23-17-30-32(2)18-23)19-35-27(25)22(15-28)16-31-35/h3-7,14,16-19H,1,8-13H2,2H3,(H,29,36). The molecule has 1 amide bonds. The number of rotatable bonds is 7. The average molecular weight is 481 g/mol. The van der Waals surface area contributed by atoms with Gasteiger partial charge >= 0.3 is 0 Å². The Hall–Kier alpha value is -4.42. The van der Waals surface area contributed by atoms with Crippen molar-refractivity contribution in [2.75, 3.05) is 44.2 Å². The smallest absolute Gasteiger partial charge is 0.243 e.